The molecule has 0 bridgehead atoms. The number of nitrogens with one attached hydrogen (secondary N) is 1. The number of ether oxygens (including phenoxy) is 2. The number of anilines is 1. The fraction of sp³-hybridized carbons (Fsp3) is 0.250. The molecule has 2 aromatic rings. The van der Waals surface area contributed by atoms with Gasteiger partial charge in [-0.2, -0.15) is 5.10 Å². The first-order valence-corrected chi connectivity index (χ1v) is 7.98. The lowest BCUT2D eigenvalue weighted by molar-refractivity contribution is 0.0530. The van der Waals surface area contributed by atoms with Crippen LogP contribution >= 0.6 is 11.3 Å². The zero-order chi connectivity index (χ0) is 17.5. The summed E-state index contributed by atoms with van der Waals surface area (Å²) in [6.45, 7) is 3.81. The maximum atomic E-state index is 11.7. The number of rotatable bonds is 6. The molecule has 1 aromatic carbocycles. The molecule has 0 radical (unpaired) electrons. The molecule has 8 heteroatoms. The van der Waals surface area contributed by atoms with Crippen LogP contribution in [0.2, 0.25) is 0 Å². The summed E-state index contributed by atoms with van der Waals surface area (Å²) in [5, 5.41) is 4.57. The van der Waals surface area contributed by atoms with Gasteiger partial charge in [-0.05, 0) is 31.5 Å². The van der Waals surface area contributed by atoms with Crippen LogP contribution in [-0.2, 0) is 9.47 Å². The van der Waals surface area contributed by atoms with Crippen molar-refractivity contribution in [3.8, 4) is 0 Å². The number of thiazole rings is 1. The summed E-state index contributed by atoms with van der Waals surface area (Å²) in [6, 6.07) is 6.79. The lowest BCUT2D eigenvalue weighted by atomic mass is 10.1. The van der Waals surface area contributed by atoms with E-state index in [1.165, 1.54) is 18.4 Å². The highest BCUT2D eigenvalue weighted by Gasteiger charge is 2.15. The number of carbonyl (C=O) groups excluding carboxylic acids is 2. The molecule has 0 aliphatic carbocycles. The quantitative estimate of drug-likeness (QED) is 0.491. The topological polar surface area (TPSA) is 89.9 Å². The average Bonchev–Trinajstić information content (AvgIpc) is 2.96. The van der Waals surface area contributed by atoms with Crippen LogP contribution in [0.15, 0.2) is 29.4 Å². The lowest BCUT2D eigenvalue weighted by Crippen LogP contribution is -2.03. The number of aryl methyl sites for hydroxylation is 1. The van der Waals surface area contributed by atoms with Gasteiger partial charge in [-0.15, -0.1) is 0 Å². The van der Waals surface area contributed by atoms with Crippen molar-refractivity contribution in [3.63, 3.8) is 0 Å². The van der Waals surface area contributed by atoms with Gasteiger partial charge in [0.1, 0.15) is 4.88 Å². The van der Waals surface area contributed by atoms with Gasteiger partial charge in [-0.3, -0.25) is 5.43 Å². The Kier molecular flexibility index (Phi) is 6.02. The minimum Gasteiger partial charge on any atom is -0.465 e. The fourth-order valence-electron chi connectivity index (χ4n) is 1.82. The Hall–Kier alpha value is -2.74. The first-order chi connectivity index (χ1) is 11.5. The van der Waals surface area contributed by atoms with Crippen LogP contribution in [0.5, 0.6) is 0 Å². The monoisotopic (exact) mass is 347 g/mol. The molecule has 1 N–H and O–H groups in total. The van der Waals surface area contributed by atoms with E-state index in [4.69, 9.17) is 4.74 Å². The molecular formula is C16H17N3O4S. The Labute approximate surface area is 143 Å². The number of benzene rings is 1. The van der Waals surface area contributed by atoms with Crippen LogP contribution in [0.4, 0.5) is 5.13 Å². The second kappa shape index (κ2) is 8.21. The Morgan fingerprint density at radius 3 is 2.62 bits per heavy atom. The highest BCUT2D eigenvalue weighted by molar-refractivity contribution is 7.17. The van der Waals surface area contributed by atoms with Crippen molar-refractivity contribution in [1.82, 2.24) is 4.98 Å². The van der Waals surface area contributed by atoms with Crippen LogP contribution in [0.1, 0.15) is 38.2 Å². The lowest BCUT2D eigenvalue weighted by Gasteiger charge is -1.99. The number of nitrogens with zero attached hydrogens (tertiary/aromatic N) is 2. The van der Waals surface area contributed by atoms with E-state index >= 15 is 0 Å². The molecule has 0 atom stereocenters. The van der Waals surface area contributed by atoms with E-state index in [9.17, 15) is 9.59 Å². The predicted octanol–water partition coefficient (Wildman–Crippen LogP) is 2.86. The van der Waals surface area contributed by atoms with E-state index in [1.807, 2.05) is 0 Å². The third-order valence-electron chi connectivity index (χ3n) is 2.96. The standard InChI is InChI=1S/C16H17N3O4S/c1-4-23-15(21)13-10(2)18-16(24-13)19-17-9-11-5-7-12(8-6-11)14(20)22-3/h5-9H,4H2,1-3H3,(H,18,19)/b17-9+. The molecule has 1 aromatic heterocycles. The van der Waals surface area contributed by atoms with Crippen molar-refractivity contribution in [1.29, 1.82) is 0 Å². The van der Waals surface area contributed by atoms with Gasteiger partial charge in [0.25, 0.3) is 0 Å². The van der Waals surface area contributed by atoms with Gasteiger partial charge in [0.15, 0.2) is 0 Å². The summed E-state index contributed by atoms with van der Waals surface area (Å²) in [6.07, 6.45) is 1.59. The van der Waals surface area contributed by atoms with Crippen molar-refractivity contribution < 1.29 is 19.1 Å². The smallest absolute Gasteiger partial charge is 0.350 e. The number of hydrogen-bond donors (Lipinski definition) is 1. The summed E-state index contributed by atoms with van der Waals surface area (Å²) in [5.74, 6) is -0.774. The van der Waals surface area contributed by atoms with Crippen LogP contribution in [0.25, 0.3) is 0 Å². The van der Waals surface area contributed by atoms with Crippen molar-refractivity contribution in [2.45, 2.75) is 13.8 Å². The number of esters is 2. The van der Waals surface area contributed by atoms with Crippen molar-refractivity contribution in [2.24, 2.45) is 5.10 Å². The molecule has 7 nitrogen and oxygen atoms in total. The van der Waals surface area contributed by atoms with Gasteiger partial charge in [-0.25, -0.2) is 14.6 Å². The minimum absolute atomic E-state index is 0.318. The molecule has 0 fully saturated rings. The Balaban J connectivity index is 2.00. The van der Waals surface area contributed by atoms with E-state index in [2.05, 4.69) is 20.2 Å². The van der Waals surface area contributed by atoms with Gasteiger partial charge in [-0.1, -0.05) is 23.5 Å². The summed E-state index contributed by atoms with van der Waals surface area (Å²) >= 11 is 1.18. The largest absolute Gasteiger partial charge is 0.465 e. The molecule has 0 aliphatic rings. The highest BCUT2D eigenvalue weighted by atomic mass is 32.1. The van der Waals surface area contributed by atoms with E-state index in [0.29, 0.717) is 27.9 Å². The van der Waals surface area contributed by atoms with E-state index in [1.54, 1.807) is 44.3 Å². The fourth-order valence-corrected chi connectivity index (χ4v) is 2.63. The number of aromatic nitrogens is 1. The van der Waals surface area contributed by atoms with Gasteiger partial charge in [0, 0.05) is 0 Å². The maximum Gasteiger partial charge on any atom is 0.350 e. The van der Waals surface area contributed by atoms with E-state index < -0.39 is 0 Å². The van der Waals surface area contributed by atoms with E-state index in [-0.39, 0.29) is 11.9 Å². The van der Waals surface area contributed by atoms with Crippen molar-refractivity contribution in [3.05, 3.63) is 46.0 Å². The molecule has 0 aliphatic heterocycles. The maximum absolute atomic E-state index is 11.7. The first-order valence-electron chi connectivity index (χ1n) is 7.17. The Morgan fingerprint density at radius 1 is 1.29 bits per heavy atom. The Bertz CT molecular complexity index is 753. The van der Waals surface area contributed by atoms with Gasteiger partial charge < -0.3 is 9.47 Å². The molecule has 24 heavy (non-hydrogen) atoms. The van der Waals surface area contributed by atoms with E-state index in [0.717, 1.165) is 5.56 Å². The molecule has 2 rings (SSSR count). The number of carbonyl (C=O) groups is 2. The summed E-state index contributed by atoms with van der Waals surface area (Å²) in [4.78, 5) is 27.8. The second-order valence-electron chi connectivity index (χ2n) is 4.64. The van der Waals surface area contributed by atoms with Gasteiger partial charge in [0.2, 0.25) is 5.13 Å². The second-order valence-corrected chi connectivity index (χ2v) is 5.64. The molecule has 0 saturated heterocycles. The molecule has 126 valence electrons. The number of hydrazone groups is 1. The molecule has 0 unspecified atom stereocenters. The average molecular weight is 347 g/mol. The zero-order valence-corrected chi connectivity index (χ0v) is 14.3. The third-order valence-corrected chi connectivity index (χ3v) is 4.01. The first kappa shape index (κ1) is 17.6. The predicted molar refractivity (Wildman–Crippen MR) is 91.8 cm³/mol. The summed E-state index contributed by atoms with van der Waals surface area (Å²) < 4.78 is 9.60. The van der Waals surface area contributed by atoms with Crippen LogP contribution in [-0.4, -0.2) is 36.9 Å². The van der Waals surface area contributed by atoms with Gasteiger partial charge >= 0.3 is 11.9 Å². The number of methoxy groups -OCH3 is 1. The molecule has 0 spiro atoms. The molecular weight excluding hydrogens is 330 g/mol. The van der Waals surface area contributed by atoms with Crippen LogP contribution in [0.3, 0.4) is 0 Å². The zero-order valence-electron chi connectivity index (χ0n) is 13.5. The Morgan fingerprint density at radius 2 is 2.00 bits per heavy atom. The van der Waals surface area contributed by atoms with Gasteiger partial charge in [0.05, 0.1) is 31.2 Å². The molecule has 0 amide bonds. The summed E-state index contributed by atoms with van der Waals surface area (Å²) in [7, 11) is 1.34. The summed E-state index contributed by atoms with van der Waals surface area (Å²) in [5.41, 5.74) is 4.64. The normalized spacial score (nSPS) is 10.6. The minimum atomic E-state index is -0.388. The third kappa shape index (κ3) is 4.39. The number of hydrogen-bond acceptors (Lipinski definition) is 8. The van der Waals surface area contributed by atoms with Crippen LogP contribution < -0.4 is 5.43 Å². The molecule has 0 saturated carbocycles. The van der Waals surface area contributed by atoms with Crippen molar-refractivity contribution in [2.75, 3.05) is 19.1 Å². The highest BCUT2D eigenvalue weighted by Crippen LogP contribution is 2.23. The SMILES string of the molecule is CCOC(=O)c1sc(N/N=C/c2ccc(C(=O)OC)cc2)nc1C. The van der Waals surface area contributed by atoms with Crippen LogP contribution in [0, 0.1) is 6.92 Å². The molecule has 1 heterocycles. The van der Waals surface area contributed by atoms with Crippen molar-refractivity contribution >= 4 is 34.6 Å².